The summed E-state index contributed by atoms with van der Waals surface area (Å²) in [5, 5.41) is 3.62. The van der Waals surface area contributed by atoms with Crippen LogP contribution in [0.3, 0.4) is 0 Å². The fourth-order valence-electron chi connectivity index (χ4n) is 5.42. The first-order valence-corrected chi connectivity index (χ1v) is 10.0. The molecule has 0 amide bonds. The first-order valence-electron chi connectivity index (χ1n) is 10.0. The van der Waals surface area contributed by atoms with Crippen LogP contribution in [-0.4, -0.2) is 63.0 Å². The number of hydrogen-bond acceptors (Lipinski definition) is 3. The molecule has 4 aliphatic rings. The molecule has 0 aromatic rings. The van der Waals surface area contributed by atoms with Crippen LogP contribution in [0.25, 0.3) is 0 Å². The number of aliphatic imine (C=N–C) groups is 1. The molecule has 5 heteroatoms. The van der Waals surface area contributed by atoms with Crippen molar-refractivity contribution in [3.05, 3.63) is 0 Å². The maximum atomic E-state index is 5.96. The van der Waals surface area contributed by atoms with Gasteiger partial charge in [0, 0.05) is 33.3 Å². The van der Waals surface area contributed by atoms with Crippen molar-refractivity contribution in [3.63, 3.8) is 0 Å². The molecule has 0 aromatic carbocycles. The lowest BCUT2D eigenvalue weighted by atomic mass is 9.86. The molecule has 1 N–H and O–H groups in total. The van der Waals surface area contributed by atoms with E-state index in [1.54, 1.807) is 0 Å². The summed E-state index contributed by atoms with van der Waals surface area (Å²) in [6, 6.07) is 0. The molecule has 0 radical (unpaired) electrons. The Labute approximate surface area is 146 Å². The molecule has 2 saturated heterocycles. The van der Waals surface area contributed by atoms with Gasteiger partial charge in [-0.1, -0.05) is 6.42 Å². The van der Waals surface area contributed by atoms with Crippen LogP contribution in [0.4, 0.5) is 0 Å². The normalized spacial score (nSPS) is 39.6. The first-order chi connectivity index (χ1) is 11.8. The van der Waals surface area contributed by atoms with Crippen molar-refractivity contribution >= 4 is 5.96 Å². The Hall–Kier alpha value is -0.810. The summed E-state index contributed by atoms with van der Waals surface area (Å²) in [4.78, 5) is 6.88. The van der Waals surface area contributed by atoms with E-state index in [1.165, 1.54) is 38.5 Å². The number of nitrogens with zero attached hydrogens (tertiary/aromatic N) is 2. The van der Waals surface area contributed by atoms with Crippen molar-refractivity contribution in [3.8, 4) is 0 Å². The highest BCUT2D eigenvalue weighted by atomic mass is 16.5. The van der Waals surface area contributed by atoms with Gasteiger partial charge in [-0.15, -0.1) is 0 Å². The Balaban J connectivity index is 1.24. The van der Waals surface area contributed by atoms with E-state index in [0.717, 1.165) is 63.0 Å². The summed E-state index contributed by atoms with van der Waals surface area (Å²) in [7, 11) is 1.90. The average molecular weight is 335 g/mol. The molecule has 0 spiro atoms. The van der Waals surface area contributed by atoms with E-state index in [9.17, 15) is 0 Å². The van der Waals surface area contributed by atoms with Gasteiger partial charge in [0.1, 0.15) is 6.10 Å². The van der Waals surface area contributed by atoms with Gasteiger partial charge >= 0.3 is 0 Å². The van der Waals surface area contributed by atoms with Crippen molar-refractivity contribution in [2.45, 2.75) is 57.2 Å². The largest absolute Gasteiger partial charge is 0.375 e. The number of rotatable bonds is 4. The molecular formula is C19H33N3O2. The minimum Gasteiger partial charge on any atom is -0.375 e. The quantitative estimate of drug-likeness (QED) is 0.632. The monoisotopic (exact) mass is 335 g/mol. The zero-order valence-corrected chi connectivity index (χ0v) is 15.1. The van der Waals surface area contributed by atoms with E-state index < -0.39 is 0 Å². The van der Waals surface area contributed by atoms with Crippen LogP contribution in [0, 0.1) is 17.8 Å². The lowest BCUT2D eigenvalue weighted by molar-refractivity contribution is -0.0817. The van der Waals surface area contributed by atoms with Gasteiger partial charge in [0.15, 0.2) is 5.96 Å². The van der Waals surface area contributed by atoms with Gasteiger partial charge in [-0.25, -0.2) is 0 Å². The van der Waals surface area contributed by atoms with Crippen LogP contribution in [-0.2, 0) is 9.47 Å². The molecule has 4 rings (SSSR count). The van der Waals surface area contributed by atoms with Crippen molar-refractivity contribution < 1.29 is 9.47 Å². The third-order valence-corrected chi connectivity index (χ3v) is 6.67. The topological polar surface area (TPSA) is 46.1 Å². The minimum atomic E-state index is 0.199. The third kappa shape index (κ3) is 3.57. The Morgan fingerprint density at radius 2 is 2.04 bits per heavy atom. The van der Waals surface area contributed by atoms with Gasteiger partial charge in [0.25, 0.3) is 0 Å². The lowest BCUT2D eigenvalue weighted by Gasteiger charge is -2.37. The number of nitrogens with one attached hydrogen (secondary N) is 1. The molecule has 0 aromatic heterocycles. The average Bonchev–Trinajstić information content (AvgIpc) is 3.36. The van der Waals surface area contributed by atoms with Crippen LogP contribution in [0.15, 0.2) is 4.99 Å². The Morgan fingerprint density at radius 1 is 1.12 bits per heavy atom. The van der Waals surface area contributed by atoms with Crippen molar-refractivity contribution in [2.75, 3.05) is 39.9 Å². The summed E-state index contributed by atoms with van der Waals surface area (Å²) in [5.41, 5.74) is 0. The second-order valence-electron chi connectivity index (χ2n) is 8.10. The third-order valence-electron chi connectivity index (χ3n) is 6.67. The number of fused-ring (bicyclic) bond motifs is 2. The fraction of sp³-hybridized carbons (Fsp3) is 0.947. The van der Waals surface area contributed by atoms with E-state index in [4.69, 9.17) is 9.47 Å². The molecule has 136 valence electrons. The summed E-state index contributed by atoms with van der Waals surface area (Å²) in [6.45, 7) is 4.55. The predicted molar refractivity (Wildman–Crippen MR) is 95.2 cm³/mol. The smallest absolute Gasteiger partial charge is 0.193 e. The molecule has 24 heavy (non-hydrogen) atoms. The molecule has 5 unspecified atom stereocenters. The number of hydrogen-bond donors (Lipinski definition) is 1. The fourth-order valence-corrected chi connectivity index (χ4v) is 5.42. The van der Waals surface area contributed by atoms with Crippen LogP contribution in [0.2, 0.25) is 0 Å². The highest BCUT2D eigenvalue weighted by Gasteiger charge is 2.39. The molecular weight excluding hydrogens is 302 g/mol. The molecule has 2 saturated carbocycles. The second kappa shape index (κ2) is 7.61. The summed E-state index contributed by atoms with van der Waals surface area (Å²) in [5.74, 6) is 4.07. The Morgan fingerprint density at radius 3 is 2.75 bits per heavy atom. The second-order valence-corrected chi connectivity index (χ2v) is 8.10. The van der Waals surface area contributed by atoms with E-state index in [1.807, 2.05) is 7.05 Å². The SMILES string of the molecule is CN=C(NCCC1CC2CCC1C2)N1CCOC(C2CCCO2)C1. The van der Waals surface area contributed by atoms with Crippen molar-refractivity contribution in [1.82, 2.24) is 10.2 Å². The Kier molecular flexibility index (Phi) is 5.28. The maximum Gasteiger partial charge on any atom is 0.193 e. The van der Waals surface area contributed by atoms with Crippen molar-refractivity contribution in [2.24, 2.45) is 22.7 Å². The zero-order chi connectivity index (χ0) is 16.4. The highest BCUT2D eigenvalue weighted by Crippen LogP contribution is 2.49. The van der Waals surface area contributed by atoms with Crippen LogP contribution in [0.1, 0.15) is 44.9 Å². The van der Waals surface area contributed by atoms with E-state index in [-0.39, 0.29) is 12.2 Å². The summed E-state index contributed by atoms with van der Waals surface area (Å²) in [6.07, 6.45) is 10.0. The van der Waals surface area contributed by atoms with Gasteiger partial charge in [-0.2, -0.15) is 0 Å². The summed E-state index contributed by atoms with van der Waals surface area (Å²) >= 11 is 0. The van der Waals surface area contributed by atoms with Gasteiger partial charge < -0.3 is 19.7 Å². The van der Waals surface area contributed by atoms with Gasteiger partial charge in [-0.3, -0.25) is 4.99 Å². The maximum absolute atomic E-state index is 5.96. The van der Waals surface area contributed by atoms with E-state index in [0.29, 0.717) is 0 Å². The number of guanidine groups is 1. The molecule has 5 atom stereocenters. The van der Waals surface area contributed by atoms with Gasteiger partial charge in [-0.05, 0) is 56.3 Å². The predicted octanol–water partition coefficient (Wildman–Crippen LogP) is 2.27. The minimum absolute atomic E-state index is 0.199. The first kappa shape index (κ1) is 16.6. The molecule has 2 aliphatic carbocycles. The Bertz CT molecular complexity index is 450. The zero-order valence-electron chi connectivity index (χ0n) is 15.1. The molecule has 2 aliphatic heterocycles. The highest BCUT2D eigenvalue weighted by molar-refractivity contribution is 5.80. The standard InChI is InChI=1S/C19H33N3O2/c1-20-19(21-7-6-16-12-14-4-5-15(16)11-14)22-8-10-24-18(13-22)17-3-2-9-23-17/h14-18H,2-13H2,1H3,(H,20,21). The molecule has 4 fully saturated rings. The van der Waals surface area contributed by atoms with Crippen LogP contribution in [0.5, 0.6) is 0 Å². The van der Waals surface area contributed by atoms with Crippen LogP contribution < -0.4 is 5.32 Å². The van der Waals surface area contributed by atoms with Crippen molar-refractivity contribution in [1.29, 1.82) is 0 Å². The van der Waals surface area contributed by atoms with E-state index in [2.05, 4.69) is 15.2 Å². The number of ether oxygens (including phenoxy) is 2. The number of morpholine rings is 1. The molecule has 5 nitrogen and oxygen atoms in total. The van der Waals surface area contributed by atoms with Gasteiger partial charge in [0.05, 0.1) is 12.7 Å². The molecule has 2 heterocycles. The lowest BCUT2D eigenvalue weighted by Crippen LogP contribution is -2.53. The molecule has 2 bridgehead atoms. The summed E-state index contributed by atoms with van der Waals surface area (Å²) < 4.78 is 11.8. The van der Waals surface area contributed by atoms with E-state index >= 15 is 0 Å². The van der Waals surface area contributed by atoms with Gasteiger partial charge in [0.2, 0.25) is 0 Å². The van der Waals surface area contributed by atoms with Crippen LogP contribution >= 0.6 is 0 Å².